The molecular weight excluding hydrogens is 378 g/mol. The molecule has 9 heteroatoms. The highest BCUT2D eigenvalue weighted by atomic mass is 32.2. The molecule has 0 saturated carbocycles. The normalized spacial score (nSPS) is 15.5. The predicted molar refractivity (Wildman–Crippen MR) is 110 cm³/mol. The van der Waals surface area contributed by atoms with Crippen LogP contribution in [-0.2, 0) is 10.0 Å². The van der Waals surface area contributed by atoms with Crippen molar-refractivity contribution in [3.8, 4) is 5.75 Å². The molecule has 1 N–H and O–H groups in total. The van der Waals surface area contributed by atoms with Crippen LogP contribution in [0.25, 0.3) is 0 Å². The molecule has 1 aromatic carbocycles. The molecule has 1 aliphatic rings. The summed E-state index contributed by atoms with van der Waals surface area (Å²) in [5, 5.41) is 3.20. The molecule has 0 bridgehead atoms. The zero-order valence-electron chi connectivity index (χ0n) is 16.6. The SMILES string of the molecule is CCNc1cc(C)nc(N2CCN(S(=O)(=O)c3ccc(OCC)cc3)CC2)n1. The summed E-state index contributed by atoms with van der Waals surface area (Å²) in [6, 6.07) is 8.47. The van der Waals surface area contributed by atoms with E-state index in [1.54, 1.807) is 24.3 Å². The van der Waals surface area contributed by atoms with Crippen LogP contribution in [0.1, 0.15) is 19.5 Å². The third kappa shape index (κ3) is 4.53. The van der Waals surface area contributed by atoms with E-state index in [4.69, 9.17) is 4.74 Å². The topological polar surface area (TPSA) is 87.7 Å². The summed E-state index contributed by atoms with van der Waals surface area (Å²) in [6.45, 7) is 9.04. The van der Waals surface area contributed by atoms with Crippen LogP contribution in [0.3, 0.4) is 0 Å². The number of aromatic nitrogens is 2. The first kappa shape index (κ1) is 20.3. The van der Waals surface area contributed by atoms with Crippen molar-refractivity contribution in [1.82, 2.24) is 14.3 Å². The van der Waals surface area contributed by atoms with Crippen LogP contribution in [0.15, 0.2) is 35.2 Å². The fourth-order valence-electron chi connectivity index (χ4n) is 3.12. The predicted octanol–water partition coefficient (Wildman–Crippen LogP) is 2.13. The Bertz CT molecular complexity index is 894. The molecule has 0 atom stereocenters. The van der Waals surface area contributed by atoms with Gasteiger partial charge in [-0.2, -0.15) is 9.29 Å². The Kier molecular flexibility index (Phi) is 6.35. The Hall–Kier alpha value is -2.39. The summed E-state index contributed by atoms with van der Waals surface area (Å²) in [4.78, 5) is 11.4. The molecule has 2 heterocycles. The van der Waals surface area contributed by atoms with Crippen molar-refractivity contribution in [2.75, 3.05) is 49.5 Å². The van der Waals surface area contributed by atoms with Gasteiger partial charge in [-0.3, -0.25) is 0 Å². The molecule has 0 radical (unpaired) electrons. The van der Waals surface area contributed by atoms with Gasteiger partial charge in [-0.1, -0.05) is 0 Å². The number of anilines is 2. The van der Waals surface area contributed by atoms with Crippen molar-refractivity contribution in [2.45, 2.75) is 25.7 Å². The van der Waals surface area contributed by atoms with Crippen LogP contribution in [0.4, 0.5) is 11.8 Å². The van der Waals surface area contributed by atoms with Crippen LogP contribution in [-0.4, -0.2) is 62.0 Å². The number of hydrogen-bond donors (Lipinski definition) is 1. The quantitative estimate of drug-likeness (QED) is 0.755. The van der Waals surface area contributed by atoms with Gasteiger partial charge in [0.2, 0.25) is 16.0 Å². The van der Waals surface area contributed by atoms with Crippen molar-refractivity contribution in [1.29, 1.82) is 0 Å². The van der Waals surface area contributed by atoms with Gasteiger partial charge in [-0.15, -0.1) is 0 Å². The number of ether oxygens (including phenoxy) is 1. The average molecular weight is 406 g/mol. The maximum atomic E-state index is 12.9. The molecule has 1 saturated heterocycles. The lowest BCUT2D eigenvalue weighted by molar-refractivity contribution is 0.340. The van der Waals surface area contributed by atoms with Gasteiger partial charge in [0.1, 0.15) is 11.6 Å². The van der Waals surface area contributed by atoms with E-state index in [0.717, 1.165) is 18.1 Å². The van der Waals surface area contributed by atoms with Gasteiger partial charge in [0, 0.05) is 44.5 Å². The molecule has 2 aromatic rings. The number of sulfonamides is 1. The second kappa shape index (κ2) is 8.74. The molecule has 0 amide bonds. The van der Waals surface area contributed by atoms with E-state index in [0.29, 0.717) is 44.5 Å². The molecule has 152 valence electrons. The van der Waals surface area contributed by atoms with Gasteiger partial charge in [-0.05, 0) is 45.0 Å². The molecule has 1 fully saturated rings. The number of nitrogens with one attached hydrogen (secondary N) is 1. The lowest BCUT2D eigenvalue weighted by Gasteiger charge is -2.34. The van der Waals surface area contributed by atoms with E-state index in [9.17, 15) is 8.42 Å². The Morgan fingerprint density at radius 3 is 2.36 bits per heavy atom. The summed E-state index contributed by atoms with van der Waals surface area (Å²) < 4.78 is 32.7. The van der Waals surface area contributed by atoms with Crippen molar-refractivity contribution in [3.63, 3.8) is 0 Å². The van der Waals surface area contributed by atoms with Crippen molar-refractivity contribution in [3.05, 3.63) is 36.0 Å². The van der Waals surface area contributed by atoms with E-state index >= 15 is 0 Å². The van der Waals surface area contributed by atoms with E-state index in [-0.39, 0.29) is 4.90 Å². The summed E-state index contributed by atoms with van der Waals surface area (Å²) in [5.74, 6) is 2.09. The molecule has 8 nitrogen and oxygen atoms in total. The van der Waals surface area contributed by atoms with E-state index in [1.807, 2.05) is 31.7 Å². The molecule has 28 heavy (non-hydrogen) atoms. The first-order valence-electron chi connectivity index (χ1n) is 9.51. The minimum absolute atomic E-state index is 0.283. The maximum absolute atomic E-state index is 12.9. The standard InChI is InChI=1S/C19H27N5O3S/c1-4-20-18-14-15(3)21-19(22-18)23-10-12-24(13-11-23)28(25,26)17-8-6-16(7-9-17)27-5-2/h6-9,14H,4-5,10-13H2,1-3H3,(H,20,21,22). The average Bonchev–Trinajstić information content (AvgIpc) is 2.69. The number of hydrogen-bond acceptors (Lipinski definition) is 7. The van der Waals surface area contributed by atoms with Gasteiger partial charge < -0.3 is 15.0 Å². The molecule has 3 rings (SSSR count). The van der Waals surface area contributed by atoms with Crippen molar-refractivity contribution < 1.29 is 13.2 Å². The molecule has 1 aliphatic heterocycles. The van der Waals surface area contributed by atoms with Crippen LogP contribution in [0.2, 0.25) is 0 Å². The van der Waals surface area contributed by atoms with Gasteiger partial charge in [0.05, 0.1) is 11.5 Å². The zero-order chi connectivity index (χ0) is 20.1. The van der Waals surface area contributed by atoms with Gasteiger partial charge >= 0.3 is 0 Å². The fraction of sp³-hybridized carbons (Fsp3) is 0.474. The van der Waals surface area contributed by atoms with Crippen LogP contribution >= 0.6 is 0 Å². The summed E-state index contributed by atoms with van der Waals surface area (Å²) in [7, 11) is -3.53. The number of rotatable bonds is 7. The van der Waals surface area contributed by atoms with Crippen molar-refractivity contribution in [2.24, 2.45) is 0 Å². The van der Waals surface area contributed by atoms with Crippen molar-refractivity contribution >= 4 is 21.8 Å². The first-order valence-corrected chi connectivity index (χ1v) is 11.0. The minimum Gasteiger partial charge on any atom is -0.494 e. The minimum atomic E-state index is -3.53. The zero-order valence-corrected chi connectivity index (χ0v) is 17.4. The smallest absolute Gasteiger partial charge is 0.243 e. The largest absolute Gasteiger partial charge is 0.494 e. The Labute approximate surface area is 166 Å². The third-order valence-corrected chi connectivity index (χ3v) is 6.41. The Balaban J connectivity index is 1.69. The second-order valence-electron chi connectivity index (χ2n) is 6.52. The second-order valence-corrected chi connectivity index (χ2v) is 8.46. The summed E-state index contributed by atoms with van der Waals surface area (Å²) in [6.07, 6.45) is 0. The lowest BCUT2D eigenvalue weighted by atomic mass is 10.3. The molecule has 0 unspecified atom stereocenters. The number of aryl methyl sites for hydroxylation is 1. The molecular formula is C19H27N5O3S. The van der Waals surface area contributed by atoms with E-state index in [1.165, 1.54) is 4.31 Å². The monoisotopic (exact) mass is 405 g/mol. The number of benzene rings is 1. The highest BCUT2D eigenvalue weighted by Crippen LogP contribution is 2.22. The fourth-order valence-corrected chi connectivity index (χ4v) is 4.54. The lowest BCUT2D eigenvalue weighted by Crippen LogP contribution is -2.49. The third-order valence-electron chi connectivity index (χ3n) is 4.49. The van der Waals surface area contributed by atoms with Crippen LogP contribution in [0.5, 0.6) is 5.75 Å². The molecule has 1 aromatic heterocycles. The van der Waals surface area contributed by atoms with Crippen LogP contribution < -0.4 is 15.0 Å². The summed E-state index contributed by atoms with van der Waals surface area (Å²) in [5.41, 5.74) is 0.880. The first-order chi connectivity index (χ1) is 13.4. The van der Waals surface area contributed by atoms with Crippen LogP contribution in [0, 0.1) is 6.92 Å². The molecule has 0 spiro atoms. The highest BCUT2D eigenvalue weighted by Gasteiger charge is 2.29. The van der Waals surface area contributed by atoms with Gasteiger partial charge in [0.15, 0.2) is 0 Å². The summed E-state index contributed by atoms with van der Waals surface area (Å²) >= 11 is 0. The van der Waals surface area contributed by atoms with E-state index in [2.05, 4.69) is 15.3 Å². The highest BCUT2D eigenvalue weighted by molar-refractivity contribution is 7.89. The van der Waals surface area contributed by atoms with Gasteiger partial charge in [0.25, 0.3) is 0 Å². The van der Waals surface area contributed by atoms with E-state index < -0.39 is 10.0 Å². The number of piperazine rings is 1. The Morgan fingerprint density at radius 1 is 1.07 bits per heavy atom. The number of nitrogens with zero attached hydrogens (tertiary/aromatic N) is 4. The van der Waals surface area contributed by atoms with Gasteiger partial charge in [-0.25, -0.2) is 13.4 Å². The Morgan fingerprint density at radius 2 is 1.75 bits per heavy atom. The maximum Gasteiger partial charge on any atom is 0.243 e. The molecule has 0 aliphatic carbocycles.